The summed E-state index contributed by atoms with van der Waals surface area (Å²) >= 11 is 1.61. The van der Waals surface area contributed by atoms with E-state index in [1.54, 1.807) is 30.5 Å². The number of methoxy groups -OCH3 is 2. The van der Waals surface area contributed by atoms with Gasteiger partial charge in [-0.2, -0.15) is 0 Å². The fourth-order valence-corrected chi connectivity index (χ4v) is 4.23. The highest BCUT2D eigenvalue weighted by atomic mass is 32.1. The summed E-state index contributed by atoms with van der Waals surface area (Å²) in [5, 5.41) is 3.06. The minimum atomic E-state index is -0.0573. The molecule has 1 amide bonds. The summed E-state index contributed by atoms with van der Waals surface area (Å²) in [6.45, 7) is 1.74. The first-order valence-corrected chi connectivity index (χ1v) is 11.3. The maximum absolute atomic E-state index is 12.6. The van der Waals surface area contributed by atoms with Gasteiger partial charge in [-0.25, -0.2) is 4.98 Å². The first-order chi connectivity index (χ1) is 15.7. The largest absolute Gasteiger partial charge is 0.497 e. The van der Waals surface area contributed by atoms with Crippen LogP contribution in [0.2, 0.25) is 0 Å². The molecule has 0 saturated carbocycles. The summed E-state index contributed by atoms with van der Waals surface area (Å²) in [6.07, 6.45) is 1.48. The Labute approximate surface area is 191 Å². The quantitative estimate of drug-likeness (QED) is 0.428. The highest BCUT2D eigenvalue weighted by molar-refractivity contribution is 7.09. The number of amides is 1. The summed E-state index contributed by atoms with van der Waals surface area (Å²) in [4.78, 5) is 19.1. The van der Waals surface area contributed by atoms with E-state index in [4.69, 9.17) is 23.9 Å². The molecule has 1 aliphatic rings. The standard InChI is InChI=1S/C24H26N2O5S/c1-28-13-10-23-25-20(16-32-23)17-4-9-22-21(14-17)26(24(27)15-31-22)11-3-12-30-19-7-5-18(29-2)6-8-19/h4-9,14,16H,3,10-13,15H2,1-2H3. The van der Waals surface area contributed by atoms with Crippen LogP contribution in [0.1, 0.15) is 11.4 Å². The Kier molecular flexibility index (Phi) is 7.24. The number of anilines is 1. The first kappa shape index (κ1) is 22.1. The number of hydrogen-bond acceptors (Lipinski definition) is 7. The third-order valence-corrected chi connectivity index (χ3v) is 6.03. The van der Waals surface area contributed by atoms with Crippen LogP contribution in [0.15, 0.2) is 47.8 Å². The summed E-state index contributed by atoms with van der Waals surface area (Å²) in [5.74, 6) is 2.21. The van der Waals surface area contributed by atoms with Crippen LogP contribution in [0.3, 0.4) is 0 Å². The topological polar surface area (TPSA) is 70.1 Å². The molecule has 2 heterocycles. The molecule has 8 heteroatoms. The van der Waals surface area contributed by atoms with Gasteiger partial charge >= 0.3 is 0 Å². The molecule has 0 spiro atoms. The number of benzene rings is 2. The fourth-order valence-electron chi connectivity index (χ4n) is 3.44. The van der Waals surface area contributed by atoms with Crippen molar-refractivity contribution >= 4 is 22.9 Å². The van der Waals surface area contributed by atoms with Crippen LogP contribution in [0.25, 0.3) is 11.3 Å². The van der Waals surface area contributed by atoms with Gasteiger partial charge in [-0.1, -0.05) is 0 Å². The van der Waals surface area contributed by atoms with Gasteiger partial charge in [0.05, 0.1) is 36.7 Å². The van der Waals surface area contributed by atoms with Gasteiger partial charge in [0.2, 0.25) is 0 Å². The van der Waals surface area contributed by atoms with Crippen molar-refractivity contribution in [1.82, 2.24) is 4.98 Å². The molecule has 0 bridgehead atoms. The van der Waals surface area contributed by atoms with Crippen molar-refractivity contribution in [3.8, 4) is 28.5 Å². The molecule has 1 aromatic heterocycles. The number of fused-ring (bicyclic) bond motifs is 1. The van der Waals surface area contributed by atoms with E-state index in [0.29, 0.717) is 31.9 Å². The molecule has 7 nitrogen and oxygen atoms in total. The fraction of sp³-hybridized carbons (Fsp3) is 0.333. The lowest BCUT2D eigenvalue weighted by atomic mass is 10.1. The smallest absolute Gasteiger partial charge is 0.265 e. The second kappa shape index (κ2) is 10.5. The van der Waals surface area contributed by atoms with E-state index in [-0.39, 0.29) is 12.5 Å². The van der Waals surface area contributed by atoms with Gasteiger partial charge in [0.1, 0.15) is 17.2 Å². The highest BCUT2D eigenvalue weighted by Crippen LogP contribution is 2.36. The summed E-state index contributed by atoms with van der Waals surface area (Å²) in [7, 11) is 3.32. The number of thiazole rings is 1. The average Bonchev–Trinajstić information content (AvgIpc) is 3.30. The Balaban J connectivity index is 1.41. The number of nitrogens with zero attached hydrogens (tertiary/aromatic N) is 2. The van der Waals surface area contributed by atoms with Crippen molar-refractivity contribution in [3.05, 3.63) is 52.9 Å². The number of hydrogen-bond donors (Lipinski definition) is 0. The molecule has 3 aromatic rings. The predicted octanol–water partition coefficient (Wildman–Crippen LogP) is 4.20. The van der Waals surface area contributed by atoms with Crippen molar-refractivity contribution in [3.63, 3.8) is 0 Å². The van der Waals surface area contributed by atoms with Gasteiger partial charge in [-0.05, 0) is 48.9 Å². The van der Waals surface area contributed by atoms with Crippen molar-refractivity contribution in [2.45, 2.75) is 12.8 Å². The molecule has 168 valence electrons. The zero-order chi connectivity index (χ0) is 22.3. The molecule has 2 aromatic carbocycles. The minimum absolute atomic E-state index is 0.0452. The zero-order valence-corrected chi connectivity index (χ0v) is 19.0. The van der Waals surface area contributed by atoms with Crippen LogP contribution >= 0.6 is 11.3 Å². The highest BCUT2D eigenvalue weighted by Gasteiger charge is 2.26. The van der Waals surface area contributed by atoms with Crippen molar-refractivity contribution in [2.24, 2.45) is 0 Å². The number of rotatable bonds is 10. The summed E-state index contributed by atoms with van der Waals surface area (Å²) in [5.41, 5.74) is 2.63. The Hall–Kier alpha value is -3.10. The van der Waals surface area contributed by atoms with E-state index >= 15 is 0 Å². The molecular weight excluding hydrogens is 428 g/mol. The minimum Gasteiger partial charge on any atom is -0.497 e. The van der Waals surface area contributed by atoms with Crippen LogP contribution in [0, 0.1) is 0 Å². The van der Waals surface area contributed by atoms with Gasteiger partial charge in [-0.3, -0.25) is 4.79 Å². The molecule has 1 aliphatic heterocycles. The molecule has 0 fully saturated rings. The molecular formula is C24H26N2O5S. The predicted molar refractivity (Wildman–Crippen MR) is 124 cm³/mol. The first-order valence-electron chi connectivity index (χ1n) is 10.5. The van der Waals surface area contributed by atoms with Crippen molar-refractivity contribution in [1.29, 1.82) is 0 Å². The Morgan fingerprint density at radius 3 is 2.69 bits per heavy atom. The second-order valence-corrected chi connectivity index (χ2v) is 8.21. The Bertz CT molecular complexity index is 1050. The van der Waals surface area contributed by atoms with Gasteiger partial charge in [0, 0.05) is 31.0 Å². The van der Waals surface area contributed by atoms with Gasteiger partial charge in [0.25, 0.3) is 5.91 Å². The summed E-state index contributed by atoms with van der Waals surface area (Å²) < 4.78 is 21.7. The third-order valence-electron chi connectivity index (χ3n) is 5.12. The summed E-state index contributed by atoms with van der Waals surface area (Å²) in [6, 6.07) is 13.3. The molecule has 32 heavy (non-hydrogen) atoms. The average molecular weight is 455 g/mol. The number of carbonyl (C=O) groups is 1. The van der Waals surface area contributed by atoms with Crippen LogP contribution in [-0.4, -0.2) is 51.5 Å². The van der Waals surface area contributed by atoms with Crippen LogP contribution in [0.4, 0.5) is 5.69 Å². The van der Waals surface area contributed by atoms with Crippen LogP contribution in [-0.2, 0) is 16.0 Å². The number of aromatic nitrogens is 1. The van der Waals surface area contributed by atoms with E-state index in [1.165, 1.54) is 0 Å². The van der Waals surface area contributed by atoms with E-state index in [2.05, 4.69) is 0 Å². The van der Waals surface area contributed by atoms with Gasteiger partial charge in [0.15, 0.2) is 6.61 Å². The molecule has 0 saturated heterocycles. The van der Waals surface area contributed by atoms with E-state index < -0.39 is 0 Å². The zero-order valence-electron chi connectivity index (χ0n) is 18.2. The SMILES string of the molecule is COCCc1nc(-c2ccc3c(c2)N(CCCOc2ccc(OC)cc2)C(=O)CO3)cs1. The molecule has 0 aliphatic carbocycles. The lowest BCUT2D eigenvalue weighted by Gasteiger charge is -2.29. The monoisotopic (exact) mass is 454 g/mol. The third kappa shape index (κ3) is 5.20. The number of ether oxygens (including phenoxy) is 4. The number of carbonyl (C=O) groups excluding carboxylic acids is 1. The molecule has 0 atom stereocenters. The molecule has 0 radical (unpaired) electrons. The molecule has 4 rings (SSSR count). The van der Waals surface area contributed by atoms with E-state index in [0.717, 1.165) is 39.9 Å². The van der Waals surface area contributed by atoms with Crippen molar-refractivity contribution < 1.29 is 23.7 Å². The Morgan fingerprint density at radius 2 is 1.91 bits per heavy atom. The maximum atomic E-state index is 12.6. The van der Waals surface area contributed by atoms with E-state index in [9.17, 15) is 4.79 Å². The lowest BCUT2D eigenvalue weighted by molar-refractivity contribution is -0.121. The molecule has 0 unspecified atom stereocenters. The maximum Gasteiger partial charge on any atom is 0.265 e. The van der Waals surface area contributed by atoms with Crippen LogP contribution in [0.5, 0.6) is 17.2 Å². The van der Waals surface area contributed by atoms with E-state index in [1.807, 2.05) is 47.8 Å². The van der Waals surface area contributed by atoms with Crippen LogP contribution < -0.4 is 19.1 Å². The Morgan fingerprint density at radius 1 is 1.09 bits per heavy atom. The van der Waals surface area contributed by atoms with Gasteiger partial charge in [-0.15, -0.1) is 11.3 Å². The normalized spacial score (nSPS) is 12.9. The van der Waals surface area contributed by atoms with Gasteiger partial charge < -0.3 is 23.8 Å². The van der Waals surface area contributed by atoms with Crippen molar-refractivity contribution in [2.75, 3.05) is 45.5 Å². The molecule has 0 N–H and O–H groups in total. The lowest BCUT2D eigenvalue weighted by Crippen LogP contribution is -2.39. The second-order valence-electron chi connectivity index (χ2n) is 7.26.